The molecule has 1 aliphatic heterocycles. The van der Waals surface area contributed by atoms with Crippen molar-refractivity contribution in [3.8, 4) is 17.3 Å². The number of nitrogens with one attached hydrogen (secondary N) is 2. The van der Waals surface area contributed by atoms with E-state index in [9.17, 15) is 13.2 Å². The van der Waals surface area contributed by atoms with Gasteiger partial charge in [-0.25, -0.2) is 23.1 Å². The van der Waals surface area contributed by atoms with E-state index < -0.39 is 15.7 Å². The van der Waals surface area contributed by atoms with Gasteiger partial charge in [0.05, 0.1) is 58.0 Å². The lowest BCUT2D eigenvalue weighted by Crippen LogP contribution is -2.23. The molecule has 2 N–H and O–H groups in total. The largest absolute Gasteiger partial charge is 0.478 e. The molecular weight excluding hydrogens is 544 g/mol. The van der Waals surface area contributed by atoms with Gasteiger partial charge in [0.25, 0.3) is 5.91 Å². The van der Waals surface area contributed by atoms with Gasteiger partial charge in [0.15, 0.2) is 9.84 Å². The van der Waals surface area contributed by atoms with E-state index in [2.05, 4.69) is 25.7 Å². The summed E-state index contributed by atoms with van der Waals surface area (Å²) in [5, 5.41) is 11.3. The Morgan fingerprint density at radius 1 is 1.02 bits per heavy atom. The molecule has 0 atom stereocenters. The van der Waals surface area contributed by atoms with E-state index in [1.807, 2.05) is 41.2 Å². The van der Waals surface area contributed by atoms with Gasteiger partial charge in [-0.3, -0.25) is 14.8 Å². The van der Waals surface area contributed by atoms with Gasteiger partial charge in [0.1, 0.15) is 5.82 Å². The molecule has 6 heterocycles. The van der Waals surface area contributed by atoms with E-state index in [0.717, 1.165) is 36.1 Å². The highest BCUT2D eigenvalue weighted by molar-refractivity contribution is 7.90. The predicted molar refractivity (Wildman–Crippen MR) is 151 cm³/mol. The summed E-state index contributed by atoms with van der Waals surface area (Å²) in [7, 11) is -3.48. The highest BCUT2D eigenvalue weighted by Crippen LogP contribution is 2.24. The van der Waals surface area contributed by atoms with Crippen LogP contribution in [0.2, 0.25) is 0 Å². The first-order valence-corrected chi connectivity index (χ1v) is 14.8. The number of sulfone groups is 1. The second-order valence-corrected chi connectivity index (χ2v) is 11.6. The van der Waals surface area contributed by atoms with Crippen molar-refractivity contribution in [3.63, 3.8) is 0 Å². The number of anilines is 1. The van der Waals surface area contributed by atoms with Crippen LogP contribution in [-0.2, 0) is 29.5 Å². The number of rotatable bonds is 8. The van der Waals surface area contributed by atoms with Gasteiger partial charge in [-0.2, -0.15) is 5.10 Å². The smallest absolute Gasteiger partial charge is 0.253 e. The molecule has 0 saturated heterocycles. The highest BCUT2D eigenvalue weighted by Gasteiger charge is 2.16. The Morgan fingerprint density at radius 2 is 1.90 bits per heavy atom. The van der Waals surface area contributed by atoms with Crippen molar-refractivity contribution in [2.45, 2.75) is 31.0 Å². The fourth-order valence-corrected chi connectivity index (χ4v) is 5.01. The average molecular weight is 571 g/mol. The number of nitrogens with zero attached hydrogens (tertiary/aromatic N) is 6. The number of hydrogen-bond donors (Lipinski definition) is 2. The maximum atomic E-state index is 12.6. The maximum Gasteiger partial charge on any atom is 0.253 e. The molecule has 1 aliphatic rings. The lowest BCUT2D eigenvalue weighted by Gasteiger charge is -2.16. The first-order valence-electron chi connectivity index (χ1n) is 12.9. The molecule has 0 unspecified atom stereocenters. The van der Waals surface area contributed by atoms with Crippen molar-refractivity contribution in [3.05, 3.63) is 84.1 Å². The fourth-order valence-electron chi connectivity index (χ4n) is 4.42. The number of pyridine rings is 4. The SMILES string of the molecule is CS(=O)(=O)c1cncc(C(=O)NCc2cc3nc(-c4cccc(NCc5cnn6c5OCCC6)n4)ccc3cn2)c1. The number of aryl methyl sites for hydroxylation is 1. The van der Waals surface area contributed by atoms with Crippen molar-refractivity contribution >= 4 is 32.5 Å². The molecule has 1 amide bonds. The van der Waals surface area contributed by atoms with E-state index in [0.29, 0.717) is 41.6 Å². The quantitative estimate of drug-likeness (QED) is 0.285. The van der Waals surface area contributed by atoms with Gasteiger partial charge in [-0.05, 0) is 36.4 Å². The van der Waals surface area contributed by atoms with Crippen LogP contribution in [0.3, 0.4) is 0 Å². The zero-order valence-electron chi connectivity index (χ0n) is 22.1. The zero-order valence-corrected chi connectivity index (χ0v) is 22.9. The van der Waals surface area contributed by atoms with Crippen LogP contribution in [0.1, 0.15) is 28.0 Å². The molecule has 6 rings (SSSR count). The molecule has 0 fully saturated rings. The van der Waals surface area contributed by atoms with E-state index in [1.165, 1.54) is 18.5 Å². The molecular formula is C28H26N8O4S. The van der Waals surface area contributed by atoms with Crippen LogP contribution in [0.25, 0.3) is 22.3 Å². The second-order valence-electron chi connectivity index (χ2n) is 9.59. The van der Waals surface area contributed by atoms with Crippen molar-refractivity contribution in [2.24, 2.45) is 0 Å². The number of ether oxygens (including phenoxy) is 1. The van der Waals surface area contributed by atoms with Crippen molar-refractivity contribution in [1.29, 1.82) is 0 Å². The molecule has 0 aliphatic carbocycles. The monoisotopic (exact) mass is 570 g/mol. The van der Waals surface area contributed by atoms with Crippen molar-refractivity contribution < 1.29 is 17.9 Å². The van der Waals surface area contributed by atoms with Gasteiger partial charge in [0, 0.05) is 49.7 Å². The highest BCUT2D eigenvalue weighted by atomic mass is 32.2. The maximum absolute atomic E-state index is 12.6. The van der Waals surface area contributed by atoms with Crippen LogP contribution in [0, 0.1) is 0 Å². The van der Waals surface area contributed by atoms with E-state index in [-0.39, 0.29) is 17.0 Å². The first kappa shape index (κ1) is 26.3. The fraction of sp³-hybridized carbons (Fsp3) is 0.214. The Kier molecular flexibility index (Phi) is 7.01. The van der Waals surface area contributed by atoms with Crippen LogP contribution >= 0.6 is 0 Å². The summed E-state index contributed by atoms with van der Waals surface area (Å²) >= 11 is 0. The minimum Gasteiger partial charge on any atom is -0.478 e. The van der Waals surface area contributed by atoms with Crippen LogP contribution < -0.4 is 15.4 Å². The third-order valence-corrected chi connectivity index (χ3v) is 7.63. The Bertz CT molecular complexity index is 1870. The second kappa shape index (κ2) is 10.9. The van der Waals surface area contributed by atoms with Crippen LogP contribution in [-0.4, -0.2) is 56.9 Å². The molecule has 0 radical (unpaired) electrons. The number of hydrogen-bond acceptors (Lipinski definition) is 10. The molecule has 12 nitrogen and oxygen atoms in total. The van der Waals surface area contributed by atoms with Crippen molar-refractivity contribution in [1.82, 2.24) is 35.0 Å². The summed E-state index contributed by atoms with van der Waals surface area (Å²) in [6.45, 7) is 2.22. The van der Waals surface area contributed by atoms with E-state index in [4.69, 9.17) is 14.7 Å². The van der Waals surface area contributed by atoms with Gasteiger partial charge < -0.3 is 15.4 Å². The van der Waals surface area contributed by atoms with E-state index in [1.54, 1.807) is 12.3 Å². The van der Waals surface area contributed by atoms with Gasteiger partial charge >= 0.3 is 0 Å². The molecule has 5 aromatic heterocycles. The summed E-state index contributed by atoms with van der Waals surface area (Å²) < 4.78 is 31.2. The van der Waals surface area contributed by atoms with Crippen LogP contribution in [0.4, 0.5) is 5.82 Å². The molecule has 208 valence electrons. The van der Waals surface area contributed by atoms with Gasteiger partial charge in [-0.15, -0.1) is 0 Å². The molecule has 0 aromatic carbocycles. The third-order valence-electron chi connectivity index (χ3n) is 6.55. The summed E-state index contributed by atoms with van der Waals surface area (Å²) in [4.78, 5) is 30.4. The Labute approximate surface area is 235 Å². The first-order chi connectivity index (χ1) is 19.8. The Hall–Kier alpha value is -4.91. The molecule has 0 saturated carbocycles. The van der Waals surface area contributed by atoms with Crippen LogP contribution in [0.5, 0.6) is 5.88 Å². The number of fused-ring (bicyclic) bond motifs is 2. The summed E-state index contributed by atoms with van der Waals surface area (Å²) in [6, 6.07) is 12.6. The topological polar surface area (TPSA) is 154 Å². The molecule has 41 heavy (non-hydrogen) atoms. The van der Waals surface area contributed by atoms with Gasteiger partial charge in [-0.1, -0.05) is 6.07 Å². The molecule has 5 aromatic rings. The minimum absolute atomic E-state index is 0.0199. The zero-order chi connectivity index (χ0) is 28.4. The lowest BCUT2D eigenvalue weighted by molar-refractivity contribution is 0.0950. The Morgan fingerprint density at radius 3 is 2.78 bits per heavy atom. The molecule has 13 heteroatoms. The lowest BCUT2D eigenvalue weighted by atomic mass is 10.2. The number of aromatic nitrogens is 6. The molecule has 0 bridgehead atoms. The van der Waals surface area contributed by atoms with Crippen molar-refractivity contribution in [2.75, 3.05) is 18.2 Å². The minimum atomic E-state index is -3.48. The summed E-state index contributed by atoms with van der Waals surface area (Å²) in [5.74, 6) is 1.05. The summed E-state index contributed by atoms with van der Waals surface area (Å²) in [6.07, 6.45) is 8.06. The standard InChI is InChI=1S/C28H26N8O4S/c1-41(38,39)22-10-19(12-29-17-22)27(37)32-16-21-11-25-18(13-30-21)6-7-24(34-25)23-4-2-5-26(35-23)31-14-20-15-33-36-8-3-9-40-28(20)36/h2,4-7,10-13,15,17H,3,8-9,14,16H2,1H3,(H,31,35)(H,32,37). The number of amides is 1. The Balaban J connectivity index is 1.15. The third kappa shape index (κ3) is 5.84. The van der Waals surface area contributed by atoms with Crippen LogP contribution in [0.15, 0.2) is 72.1 Å². The number of carbonyl (C=O) groups excluding carboxylic acids is 1. The normalized spacial score (nSPS) is 12.9. The summed E-state index contributed by atoms with van der Waals surface area (Å²) in [5.41, 5.74) is 3.82. The van der Waals surface area contributed by atoms with E-state index >= 15 is 0 Å². The molecule has 0 spiro atoms. The average Bonchev–Trinajstić information content (AvgIpc) is 3.41. The predicted octanol–water partition coefficient (Wildman–Crippen LogP) is 3.01. The van der Waals surface area contributed by atoms with Gasteiger partial charge in [0.2, 0.25) is 5.88 Å². The number of carbonyl (C=O) groups is 1.